The first-order valence-corrected chi connectivity index (χ1v) is 3.91. The van der Waals surface area contributed by atoms with Gasteiger partial charge < -0.3 is 0 Å². The lowest BCUT2D eigenvalue weighted by molar-refractivity contribution is 0.616. The van der Waals surface area contributed by atoms with Crippen LogP contribution >= 0.6 is 23.2 Å². The quantitative estimate of drug-likeness (QED) is 0.644. The monoisotopic (exact) mass is 203 g/mol. The summed E-state index contributed by atoms with van der Waals surface area (Å²) in [6, 6.07) is 4.75. The average Bonchev–Trinajstić information content (AvgIpc) is 2.07. The highest BCUT2D eigenvalue weighted by Gasteiger charge is 2.09. The van der Waals surface area contributed by atoms with Crippen molar-refractivity contribution in [2.75, 3.05) is 0 Å². The van der Waals surface area contributed by atoms with E-state index < -0.39 is 5.82 Å². The summed E-state index contributed by atoms with van der Waals surface area (Å²) < 4.78 is 13.1. The number of halogens is 3. The topological polar surface area (TPSA) is 23.8 Å². The van der Waals surface area contributed by atoms with Crippen molar-refractivity contribution in [2.45, 2.75) is 6.42 Å². The number of hydrogen-bond donors (Lipinski definition) is 0. The Bertz CT molecular complexity index is 344. The van der Waals surface area contributed by atoms with Gasteiger partial charge >= 0.3 is 0 Å². The zero-order chi connectivity index (χ0) is 9.14. The summed E-state index contributed by atoms with van der Waals surface area (Å²) in [5.74, 6) is -0.606. The van der Waals surface area contributed by atoms with E-state index in [4.69, 9.17) is 28.5 Å². The number of rotatable bonds is 1. The first kappa shape index (κ1) is 9.31. The van der Waals surface area contributed by atoms with Gasteiger partial charge in [0.2, 0.25) is 0 Å². The summed E-state index contributed by atoms with van der Waals surface area (Å²) in [6.45, 7) is 0. The molecule has 1 nitrogen and oxygen atoms in total. The fourth-order valence-corrected chi connectivity index (χ4v) is 1.12. The molecule has 0 N–H and O–H groups in total. The largest absolute Gasteiger partial charge is 0.205 e. The van der Waals surface area contributed by atoms with Gasteiger partial charge in [0.1, 0.15) is 5.82 Å². The van der Waals surface area contributed by atoms with Crippen molar-refractivity contribution in [3.63, 3.8) is 0 Å². The van der Waals surface area contributed by atoms with E-state index in [2.05, 4.69) is 0 Å². The van der Waals surface area contributed by atoms with Gasteiger partial charge in [-0.05, 0) is 6.07 Å². The fraction of sp³-hybridized carbons (Fsp3) is 0.125. The van der Waals surface area contributed by atoms with Crippen LogP contribution in [0.5, 0.6) is 0 Å². The lowest BCUT2D eigenvalue weighted by atomic mass is 10.1. The lowest BCUT2D eigenvalue weighted by Crippen LogP contribution is -1.89. The van der Waals surface area contributed by atoms with Crippen LogP contribution in [0.1, 0.15) is 5.56 Å². The summed E-state index contributed by atoms with van der Waals surface area (Å²) in [5.41, 5.74) is 0.270. The third-order valence-electron chi connectivity index (χ3n) is 1.38. The molecule has 0 amide bonds. The molecule has 1 rings (SSSR count). The predicted molar refractivity (Wildman–Crippen MR) is 45.7 cm³/mol. The van der Waals surface area contributed by atoms with Crippen LogP contribution in [0.25, 0.3) is 0 Å². The molecule has 0 aliphatic rings. The highest BCUT2D eigenvalue weighted by Crippen LogP contribution is 2.27. The summed E-state index contributed by atoms with van der Waals surface area (Å²) in [7, 11) is 0. The second-order valence-corrected chi connectivity index (χ2v) is 2.95. The van der Waals surface area contributed by atoms with Crippen molar-refractivity contribution in [3.8, 4) is 6.07 Å². The van der Waals surface area contributed by atoms with Gasteiger partial charge in [0.15, 0.2) is 0 Å². The van der Waals surface area contributed by atoms with E-state index in [1.807, 2.05) is 6.07 Å². The van der Waals surface area contributed by atoms with Gasteiger partial charge in [0.05, 0.1) is 22.5 Å². The van der Waals surface area contributed by atoms with Crippen molar-refractivity contribution in [1.29, 1.82) is 5.26 Å². The van der Waals surface area contributed by atoms with Crippen LogP contribution < -0.4 is 0 Å². The molecule has 0 spiro atoms. The van der Waals surface area contributed by atoms with E-state index >= 15 is 0 Å². The highest BCUT2D eigenvalue weighted by atomic mass is 35.5. The summed E-state index contributed by atoms with van der Waals surface area (Å²) in [6.07, 6.45) is 0.00270. The molecule has 0 radical (unpaired) electrons. The predicted octanol–water partition coefficient (Wildman–Crippen LogP) is 3.20. The molecule has 4 heteroatoms. The summed E-state index contributed by atoms with van der Waals surface area (Å²) in [5, 5.41) is 8.35. The normalized spacial score (nSPS) is 9.50. The lowest BCUT2D eigenvalue weighted by Gasteiger charge is -2.00. The van der Waals surface area contributed by atoms with Crippen LogP contribution in [-0.2, 0) is 6.42 Å². The van der Waals surface area contributed by atoms with E-state index in [0.29, 0.717) is 0 Å². The summed E-state index contributed by atoms with van der Waals surface area (Å²) >= 11 is 11.0. The van der Waals surface area contributed by atoms with Crippen LogP contribution in [-0.4, -0.2) is 0 Å². The first-order chi connectivity index (χ1) is 5.66. The molecule has 0 unspecified atom stereocenters. The van der Waals surface area contributed by atoms with Crippen LogP contribution in [0, 0.1) is 17.1 Å². The molecule has 0 heterocycles. The molecule has 0 saturated carbocycles. The average molecular weight is 204 g/mol. The molecular formula is C8H4Cl2FN. The van der Waals surface area contributed by atoms with E-state index in [9.17, 15) is 4.39 Å². The molecule has 12 heavy (non-hydrogen) atoms. The van der Waals surface area contributed by atoms with E-state index in [1.165, 1.54) is 12.1 Å². The third kappa shape index (κ3) is 1.69. The van der Waals surface area contributed by atoms with Crippen molar-refractivity contribution < 1.29 is 4.39 Å². The standard InChI is InChI=1S/C8H4Cl2FN/c9-6-2-1-5(3-4-12)8(11)7(6)10/h1-2H,3H2. The van der Waals surface area contributed by atoms with Crippen molar-refractivity contribution >= 4 is 23.2 Å². The fourth-order valence-electron chi connectivity index (χ4n) is 0.788. The van der Waals surface area contributed by atoms with Gasteiger partial charge in [0.25, 0.3) is 0 Å². The molecule has 0 fully saturated rings. The molecular weight excluding hydrogens is 200 g/mol. The second-order valence-electron chi connectivity index (χ2n) is 2.17. The van der Waals surface area contributed by atoms with Gasteiger partial charge in [-0.1, -0.05) is 29.3 Å². The molecule has 62 valence electrons. The Hall–Kier alpha value is -0.780. The Kier molecular flexibility index (Phi) is 2.91. The minimum absolute atomic E-state index is 0.00270. The molecule has 0 aromatic heterocycles. The Labute approximate surface area is 79.3 Å². The zero-order valence-electron chi connectivity index (χ0n) is 5.94. The molecule has 1 aromatic carbocycles. The minimum Gasteiger partial charge on any atom is -0.205 e. The van der Waals surface area contributed by atoms with Crippen LogP contribution in [0.3, 0.4) is 0 Å². The minimum atomic E-state index is -0.606. The van der Waals surface area contributed by atoms with Gasteiger partial charge in [-0.2, -0.15) is 5.26 Å². The van der Waals surface area contributed by atoms with Gasteiger partial charge in [-0.3, -0.25) is 0 Å². The molecule has 0 bridgehead atoms. The Morgan fingerprint density at radius 2 is 2.08 bits per heavy atom. The zero-order valence-corrected chi connectivity index (χ0v) is 7.45. The second kappa shape index (κ2) is 3.75. The van der Waals surface area contributed by atoms with E-state index in [1.54, 1.807) is 0 Å². The van der Waals surface area contributed by atoms with E-state index in [-0.39, 0.29) is 22.0 Å². The molecule has 0 aliphatic carbocycles. The Morgan fingerprint density at radius 3 is 2.67 bits per heavy atom. The smallest absolute Gasteiger partial charge is 0.147 e. The van der Waals surface area contributed by atoms with Crippen LogP contribution in [0.15, 0.2) is 12.1 Å². The molecule has 0 atom stereocenters. The first-order valence-electron chi connectivity index (χ1n) is 3.16. The Morgan fingerprint density at radius 1 is 1.42 bits per heavy atom. The number of benzene rings is 1. The highest BCUT2D eigenvalue weighted by molar-refractivity contribution is 6.42. The van der Waals surface area contributed by atoms with Crippen molar-refractivity contribution in [1.82, 2.24) is 0 Å². The Balaban J connectivity index is 3.19. The number of nitrogens with zero attached hydrogens (tertiary/aromatic N) is 1. The summed E-state index contributed by atoms with van der Waals surface area (Å²) in [4.78, 5) is 0. The molecule has 0 saturated heterocycles. The van der Waals surface area contributed by atoms with Crippen molar-refractivity contribution in [3.05, 3.63) is 33.6 Å². The maximum absolute atomic E-state index is 13.1. The van der Waals surface area contributed by atoms with Gasteiger partial charge in [-0.15, -0.1) is 0 Å². The van der Waals surface area contributed by atoms with Crippen molar-refractivity contribution in [2.24, 2.45) is 0 Å². The third-order valence-corrected chi connectivity index (χ3v) is 2.17. The van der Waals surface area contributed by atoms with Gasteiger partial charge in [-0.25, -0.2) is 4.39 Å². The maximum atomic E-state index is 13.1. The maximum Gasteiger partial charge on any atom is 0.147 e. The molecule has 1 aromatic rings. The van der Waals surface area contributed by atoms with Crippen LogP contribution in [0.2, 0.25) is 10.0 Å². The molecule has 0 aliphatic heterocycles. The van der Waals surface area contributed by atoms with Crippen LogP contribution in [0.4, 0.5) is 4.39 Å². The van der Waals surface area contributed by atoms with Gasteiger partial charge in [0, 0.05) is 5.56 Å². The number of nitriles is 1. The number of hydrogen-bond acceptors (Lipinski definition) is 1. The van der Waals surface area contributed by atoms with E-state index in [0.717, 1.165) is 0 Å². The SMILES string of the molecule is N#CCc1ccc(Cl)c(Cl)c1F.